The van der Waals surface area contributed by atoms with Crippen molar-refractivity contribution in [3.8, 4) is 0 Å². The number of aromatic nitrogens is 1. The molecule has 5 rings (SSSR count). The Balaban J connectivity index is 1.46. The van der Waals surface area contributed by atoms with Crippen LogP contribution in [-0.2, 0) is 13.1 Å². The molecule has 0 aliphatic heterocycles. The number of fused-ring (bicyclic) bond motifs is 1. The van der Waals surface area contributed by atoms with Crippen LogP contribution in [0.2, 0.25) is 0 Å². The minimum Gasteiger partial charge on any atom is -0.347 e. The average Bonchev–Trinajstić information content (AvgIpc) is 3.25. The zero-order valence-corrected chi connectivity index (χ0v) is 21.0. The van der Waals surface area contributed by atoms with Crippen LogP contribution in [0.4, 0.5) is 5.69 Å². The molecule has 0 aliphatic carbocycles. The molecule has 5 aromatic rings. The predicted octanol–water partition coefficient (Wildman–Crippen LogP) is 6.49. The van der Waals surface area contributed by atoms with Crippen LogP contribution in [0.15, 0.2) is 103 Å². The van der Waals surface area contributed by atoms with E-state index in [0.29, 0.717) is 30.0 Å². The van der Waals surface area contributed by atoms with Crippen LogP contribution in [0, 0.1) is 13.8 Å². The van der Waals surface area contributed by atoms with Crippen LogP contribution in [0.3, 0.4) is 0 Å². The quantitative estimate of drug-likeness (QED) is 0.276. The van der Waals surface area contributed by atoms with Crippen molar-refractivity contribution < 1.29 is 9.59 Å². The zero-order chi connectivity index (χ0) is 25.8. The van der Waals surface area contributed by atoms with E-state index >= 15 is 0 Å². The molecule has 0 fully saturated rings. The fourth-order valence-corrected chi connectivity index (χ4v) is 4.48. The number of hydrogen-bond donors (Lipinski definition) is 2. The summed E-state index contributed by atoms with van der Waals surface area (Å²) >= 11 is 0. The van der Waals surface area contributed by atoms with Gasteiger partial charge in [0.25, 0.3) is 11.8 Å². The van der Waals surface area contributed by atoms with Gasteiger partial charge in [-0.3, -0.25) is 9.59 Å². The second-order valence-corrected chi connectivity index (χ2v) is 9.37. The molecule has 2 amide bonds. The third-order valence-corrected chi connectivity index (χ3v) is 6.42. The lowest BCUT2D eigenvalue weighted by Gasteiger charge is -2.12. The molecule has 0 aliphatic rings. The van der Waals surface area contributed by atoms with Gasteiger partial charge in [0.15, 0.2) is 0 Å². The molecule has 0 saturated heterocycles. The Labute approximate surface area is 216 Å². The summed E-state index contributed by atoms with van der Waals surface area (Å²) in [4.78, 5) is 26.1. The summed E-state index contributed by atoms with van der Waals surface area (Å²) in [5.41, 5.74) is 7.22. The van der Waals surface area contributed by atoms with Crippen molar-refractivity contribution in [2.75, 3.05) is 5.32 Å². The van der Waals surface area contributed by atoms with Crippen LogP contribution in [0.1, 0.15) is 43.1 Å². The van der Waals surface area contributed by atoms with Crippen molar-refractivity contribution in [2.45, 2.75) is 26.9 Å². The maximum absolute atomic E-state index is 13.3. The number of aryl methyl sites for hydroxylation is 2. The van der Waals surface area contributed by atoms with Gasteiger partial charge in [-0.25, -0.2) is 0 Å². The van der Waals surface area contributed by atoms with Crippen molar-refractivity contribution in [3.05, 3.63) is 137 Å². The molecular formula is C32H29N3O2. The maximum Gasteiger partial charge on any atom is 0.268 e. The Morgan fingerprint density at radius 2 is 1.46 bits per heavy atom. The number of benzene rings is 4. The van der Waals surface area contributed by atoms with Gasteiger partial charge in [0.2, 0.25) is 0 Å². The fraction of sp³-hybridized carbons (Fsp3) is 0.125. The number of carbonyl (C=O) groups excluding carboxylic acids is 2. The SMILES string of the molecule is Cc1ccc(C(=O)Nc2ccc3c(c2)cc(C(=O)NCc2ccccc2)n3Cc2cccc(C)c2)cc1. The Morgan fingerprint density at radius 1 is 0.703 bits per heavy atom. The molecule has 5 heteroatoms. The molecule has 0 spiro atoms. The van der Waals surface area contributed by atoms with E-state index in [1.54, 1.807) is 0 Å². The minimum absolute atomic E-state index is 0.141. The van der Waals surface area contributed by atoms with Crippen LogP contribution in [-0.4, -0.2) is 16.4 Å². The van der Waals surface area contributed by atoms with Gasteiger partial charge in [-0.15, -0.1) is 0 Å². The van der Waals surface area contributed by atoms with E-state index in [9.17, 15) is 9.59 Å². The highest BCUT2D eigenvalue weighted by Gasteiger charge is 2.17. The Kier molecular flexibility index (Phi) is 6.86. The van der Waals surface area contributed by atoms with Gasteiger partial charge in [0.1, 0.15) is 5.69 Å². The third kappa shape index (κ3) is 5.62. The first-order chi connectivity index (χ1) is 18.0. The Morgan fingerprint density at radius 3 is 2.22 bits per heavy atom. The number of hydrogen-bond acceptors (Lipinski definition) is 2. The van der Waals surface area contributed by atoms with Gasteiger partial charge in [-0.1, -0.05) is 77.9 Å². The van der Waals surface area contributed by atoms with E-state index in [0.717, 1.165) is 27.6 Å². The summed E-state index contributed by atoms with van der Waals surface area (Å²) in [5, 5.41) is 6.93. The highest BCUT2D eigenvalue weighted by molar-refractivity contribution is 6.06. The van der Waals surface area contributed by atoms with Crippen molar-refractivity contribution in [2.24, 2.45) is 0 Å². The predicted molar refractivity (Wildman–Crippen MR) is 149 cm³/mol. The Hall–Kier alpha value is -4.64. The second-order valence-electron chi connectivity index (χ2n) is 9.37. The van der Waals surface area contributed by atoms with E-state index < -0.39 is 0 Å². The van der Waals surface area contributed by atoms with Crippen molar-refractivity contribution in [1.29, 1.82) is 0 Å². The molecule has 37 heavy (non-hydrogen) atoms. The first kappa shape index (κ1) is 24.1. The lowest BCUT2D eigenvalue weighted by Crippen LogP contribution is -2.25. The first-order valence-corrected chi connectivity index (χ1v) is 12.4. The highest BCUT2D eigenvalue weighted by atomic mass is 16.2. The molecule has 2 N–H and O–H groups in total. The number of amides is 2. The number of carbonyl (C=O) groups is 2. The van der Waals surface area contributed by atoms with E-state index in [-0.39, 0.29) is 11.8 Å². The molecule has 184 valence electrons. The average molecular weight is 488 g/mol. The monoisotopic (exact) mass is 487 g/mol. The zero-order valence-electron chi connectivity index (χ0n) is 21.0. The van der Waals surface area contributed by atoms with Crippen LogP contribution in [0.5, 0.6) is 0 Å². The molecule has 0 atom stereocenters. The van der Waals surface area contributed by atoms with Crippen LogP contribution >= 0.6 is 0 Å². The summed E-state index contributed by atoms with van der Waals surface area (Å²) < 4.78 is 2.04. The number of anilines is 1. The topological polar surface area (TPSA) is 63.1 Å². The van der Waals surface area contributed by atoms with E-state index in [2.05, 4.69) is 35.8 Å². The standard InChI is InChI=1S/C32H29N3O2/c1-22-11-13-26(14-12-22)31(36)34-28-15-16-29-27(18-28)19-30(32(37)33-20-24-8-4-3-5-9-24)35(29)21-25-10-6-7-23(2)17-25/h3-19H,20-21H2,1-2H3,(H,33,37)(H,34,36). The smallest absolute Gasteiger partial charge is 0.268 e. The van der Waals surface area contributed by atoms with Gasteiger partial charge >= 0.3 is 0 Å². The summed E-state index contributed by atoms with van der Waals surface area (Å²) in [7, 11) is 0. The van der Waals surface area contributed by atoms with E-state index in [1.807, 2.05) is 96.4 Å². The van der Waals surface area contributed by atoms with Gasteiger partial charge in [-0.05, 0) is 61.4 Å². The van der Waals surface area contributed by atoms with Crippen LogP contribution in [0.25, 0.3) is 10.9 Å². The van der Waals surface area contributed by atoms with Crippen molar-refractivity contribution in [1.82, 2.24) is 9.88 Å². The first-order valence-electron chi connectivity index (χ1n) is 12.4. The number of nitrogens with zero attached hydrogens (tertiary/aromatic N) is 1. The molecule has 1 heterocycles. The summed E-state index contributed by atoms with van der Waals surface area (Å²) in [5.74, 6) is -0.308. The van der Waals surface area contributed by atoms with Crippen molar-refractivity contribution in [3.63, 3.8) is 0 Å². The molecule has 1 aromatic heterocycles. The van der Waals surface area contributed by atoms with Gasteiger partial charge in [0, 0.05) is 35.2 Å². The van der Waals surface area contributed by atoms with E-state index in [1.165, 1.54) is 5.56 Å². The molecule has 0 unspecified atom stereocenters. The molecule has 4 aromatic carbocycles. The second kappa shape index (κ2) is 10.5. The minimum atomic E-state index is -0.167. The molecule has 5 nitrogen and oxygen atoms in total. The normalized spacial score (nSPS) is 10.9. The highest BCUT2D eigenvalue weighted by Crippen LogP contribution is 2.26. The van der Waals surface area contributed by atoms with Crippen LogP contribution < -0.4 is 10.6 Å². The lowest BCUT2D eigenvalue weighted by atomic mass is 10.1. The molecule has 0 saturated carbocycles. The van der Waals surface area contributed by atoms with Gasteiger partial charge < -0.3 is 15.2 Å². The summed E-state index contributed by atoms with van der Waals surface area (Å²) in [6.45, 7) is 5.07. The maximum atomic E-state index is 13.3. The third-order valence-electron chi connectivity index (χ3n) is 6.42. The fourth-order valence-electron chi connectivity index (χ4n) is 4.48. The van der Waals surface area contributed by atoms with Gasteiger partial charge in [-0.2, -0.15) is 0 Å². The molecule has 0 radical (unpaired) electrons. The Bertz CT molecular complexity index is 1570. The van der Waals surface area contributed by atoms with Crippen molar-refractivity contribution >= 4 is 28.4 Å². The largest absolute Gasteiger partial charge is 0.347 e. The van der Waals surface area contributed by atoms with Gasteiger partial charge in [0.05, 0.1) is 0 Å². The molecule has 0 bridgehead atoms. The summed E-state index contributed by atoms with van der Waals surface area (Å²) in [6.07, 6.45) is 0. The number of nitrogens with one attached hydrogen (secondary N) is 2. The summed E-state index contributed by atoms with van der Waals surface area (Å²) in [6, 6.07) is 33.3. The molecular weight excluding hydrogens is 458 g/mol. The number of rotatable bonds is 7. The lowest BCUT2D eigenvalue weighted by molar-refractivity contribution is 0.0941. The van der Waals surface area contributed by atoms with E-state index in [4.69, 9.17) is 0 Å².